The summed E-state index contributed by atoms with van der Waals surface area (Å²) in [6, 6.07) is 9.82. The molecule has 0 aliphatic carbocycles. The Balaban J connectivity index is 2.15. The minimum Gasteiger partial charge on any atom is -0.356 e. The maximum atomic E-state index is 11.1. The van der Waals surface area contributed by atoms with E-state index >= 15 is 0 Å². The normalized spacial score (nSPS) is 11.0. The molecule has 0 aliphatic rings. The molecule has 0 fully saturated rings. The second kappa shape index (κ2) is 6.31. The lowest BCUT2D eigenvalue weighted by Crippen LogP contribution is -2.23. The summed E-state index contributed by atoms with van der Waals surface area (Å²) in [7, 11) is 0. The summed E-state index contributed by atoms with van der Waals surface area (Å²) in [6.07, 6.45) is 0.628. The first-order valence-corrected chi connectivity index (χ1v) is 7.92. The van der Waals surface area contributed by atoms with Crippen molar-refractivity contribution in [2.75, 3.05) is 12.4 Å². The van der Waals surface area contributed by atoms with Gasteiger partial charge in [0.1, 0.15) is 0 Å². The smallest absolute Gasteiger partial charge is 0.216 e. The number of amides is 1. The summed E-state index contributed by atoms with van der Waals surface area (Å²) < 4.78 is 1.61. The summed E-state index contributed by atoms with van der Waals surface area (Å²) in [4.78, 5) is 20.6. The van der Waals surface area contributed by atoms with Crippen molar-refractivity contribution in [2.24, 2.45) is 0 Å². The van der Waals surface area contributed by atoms with Crippen LogP contribution in [0.15, 0.2) is 30.3 Å². The van der Waals surface area contributed by atoms with Crippen LogP contribution >= 0.6 is 0 Å². The molecule has 0 saturated heterocycles. The number of fused-ring (bicyclic) bond motifs is 1. The molecular formula is C18H21N5O. The molecule has 6 nitrogen and oxygen atoms in total. The van der Waals surface area contributed by atoms with Gasteiger partial charge in [-0.15, -0.1) is 0 Å². The molecule has 0 aliphatic heterocycles. The molecule has 124 valence electrons. The SMILES string of the molecule is CC(=O)NCCc1nc(-c2ccccc2)nc2c1c(C)c(C)n2N. The van der Waals surface area contributed by atoms with Gasteiger partial charge in [0.2, 0.25) is 5.91 Å². The molecular weight excluding hydrogens is 302 g/mol. The van der Waals surface area contributed by atoms with Gasteiger partial charge < -0.3 is 11.2 Å². The third-order valence-electron chi connectivity index (χ3n) is 4.24. The molecule has 0 atom stereocenters. The van der Waals surface area contributed by atoms with Crippen LogP contribution in [0.3, 0.4) is 0 Å². The number of nitrogens with zero attached hydrogens (tertiary/aromatic N) is 3. The van der Waals surface area contributed by atoms with E-state index in [-0.39, 0.29) is 5.91 Å². The number of carbonyl (C=O) groups excluding carboxylic acids is 1. The third kappa shape index (κ3) is 2.82. The molecule has 24 heavy (non-hydrogen) atoms. The molecule has 2 aromatic heterocycles. The highest BCUT2D eigenvalue weighted by molar-refractivity contribution is 5.86. The zero-order valence-electron chi connectivity index (χ0n) is 14.1. The Morgan fingerprint density at radius 2 is 1.92 bits per heavy atom. The van der Waals surface area contributed by atoms with Gasteiger partial charge in [0.15, 0.2) is 11.5 Å². The highest BCUT2D eigenvalue weighted by Gasteiger charge is 2.17. The van der Waals surface area contributed by atoms with Gasteiger partial charge in [0, 0.05) is 36.5 Å². The Hall–Kier alpha value is -2.89. The number of nitrogen functional groups attached to an aromatic ring is 1. The zero-order valence-corrected chi connectivity index (χ0v) is 14.1. The fourth-order valence-electron chi connectivity index (χ4n) is 2.83. The fraction of sp³-hybridized carbons (Fsp3) is 0.278. The first kappa shape index (κ1) is 16.0. The molecule has 0 saturated carbocycles. The molecule has 1 aromatic carbocycles. The van der Waals surface area contributed by atoms with Gasteiger partial charge in [-0.25, -0.2) is 14.6 Å². The van der Waals surface area contributed by atoms with Crippen LogP contribution in [0.2, 0.25) is 0 Å². The lowest BCUT2D eigenvalue weighted by Gasteiger charge is -2.08. The van der Waals surface area contributed by atoms with Gasteiger partial charge >= 0.3 is 0 Å². The molecule has 0 spiro atoms. The summed E-state index contributed by atoms with van der Waals surface area (Å²) in [5.74, 6) is 6.78. The summed E-state index contributed by atoms with van der Waals surface area (Å²) in [5.41, 5.74) is 4.60. The third-order valence-corrected chi connectivity index (χ3v) is 4.24. The van der Waals surface area contributed by atoms with Crippen LogP contribution in [0, 0.1) is 13.8 Å². The van der Waals surface area contributed by atoms with E-state index in [0.717, 1.165) is 33.5 Å². The number of hydrogen-bond acceptors (Lipinski definition) is 4. The summed E-state index contributed by atoms with van der Waals surface area (Å²) in [5, 5.41) is 3.79. The molecule has 0 unspecified atom stereocenters. The number of benzene rings is 1. The Kier molecular flexibility index (Phi) is 4.20. The fourth-order valence-corrected chi connectivity index (χ4v) is 2.83. The van der Waals surface area contributed by atoms with Crippen LogP contribution in [0.25, 0.3) is 22.4 Å². The lowest BCUT2D eigenvalue weighted by molar-refractivity contribution is -0.118. The number of nitrogens with two attached hydrogens (primary N) is 1. The van der Waals surface area contributed by atoms with Crippen LogP contribution in [0.5, 0.6) is 0 Å². The van der Waals surface area contributed by atoms with Crippen molar-refractivity contribution in [3.05, 3.63) is 47.3 Å². The van der Waals surface area contributed by atoms with Crippen LogP contribution < -0.4 is 11.2 Å². The first-order chi connectivity index (χ1) is 11.5. The van der Waals surface area contributed by atoms with Crippen molar-refractivity contribution >= 4 is 16.9 Å². The lowest BCUT2D eigenvalue weighted by atomic mass is 10.1. The number of carbonyl (C=O) groups is 1. The van der Waals surface area contributed by atoms with E-state index in [9.17, 15) is 4.79 Å². The van der Waals surface area contributed by atoms with Gasteiger partial charge in [0.05, 0.1) is 5.69 Å². The highest BCUT2D eigenvalue weighted by Crippen LogP contribution is 2.27. The monoisotopic (exact) mass is 323 g/mol. The molecule has 3 N–H and O–H groups in total. The Bertz CT molecular complexity index is 899. The number of aryl methyl sites for hydroxylation is 1. The quantitative estimate of drug-likeness (QED) is 0.720. The van der Waals surface area contributed by atoms with E-state index in [1.165, 1.54) is 6.92 Å². The number of nitrogens with one attached hydrogen (secondary N) is 1. The maximum absolute atomic E-state index is 11.1. The van der Waals surface area contributed by atoms with Crippen LogP contribution in [-0.4, -0.2) is 27.1 Å². The van der Waals surface area contributed by atoms with Crippen molar-refractivity contribution < 1.29 is 4.79 Å². The van der Waals surface area contributed by atoms with Crippen LogP contribution in [-0.2, 0) is 11.2 Å². The largest absolute Gasteiger partial charge is 0.356 e. The van der Waals surface area contributed by atoms with Gasteiger partial charge in [-0.1, -0.05) is 30.3 Å². The highest BCUT2D eigenvalue weighted by atomic mass is 16.1. The van der Waals surface area contributed by atoms with Crippen molar-refractivity contribution in [1.29, 1.82) is 0 Å². The maximum Gasteiger partial charge on any atom is 0.216 e. The van der Waals surface area contributed by atoms with E-state index in [0.29, 0.717) is 18.8 Å². The van der Waals surface area contributed by atoms with Gasteiger partial charge in [-0.05, 0) is 19.4 Å². The van der Waals surface area contributed by atoms with Crippen molar-refractivity contribution in [1.82, 2.24) is 20.0 Å². The molecule has 3 rings (SSSR count). The predicted molar refractivity (Wildman–Crippen MR) is 95.0 cm³/mol. The van der Waals surface area contributed by atoms with Crippen molar-refractivity contribution in [3.8, 4) is 11.4 Å². The van der Waals surface area contributed by atoms with Crippen LogP contribution in [0.1, 0.15) is 23.9 Å². The van der Waals surface area contributed by atoms with Gasteiger partial charge in [0.25, 0.3) is 0 Å². The van der Waals surface area contributed by atoms with E-state index in [1.54, 1.807) is 4.68 Å². The second-order valence-corrected chi connectivity index (χ2v) is 5.87. The van der Waals surface area contributed by atoms with Crippen LogP contribution in [0.4, 0.5) is 0 Å². The predicted octanol–water partition coefficient (Wildman–Crippen LogP) is 2.11. The Morgan fingerprint density at radius 1 is 1.21 bits per heavy atom. The molecule has 0 bridgehead atoms. The Morgan fingerprint density at radius 3 is 2.58 bits per heavy atom. The minimum atomic E-state index is -0.0483. The number of rotatable bonds is 4. The van der Waals surface area contributed by atoms with E-state index in [1.807, 2.05) is 44.2 Å². The molecule has 2 heterocycles. The van der Waals surface area contributed by atoms with Crippen molar-refractivity contribution in [2.45, 2.75) is 27.2 Å². The second-order valence-electron chi connectivity index (χ2n) is 5.87. The average molecular weight is 323 g/mol. The molecule has 0 radical (unpaired) electrons. The number of aromatic nitrogens is 3. The molecule has 1 amide bonds. The van der Waals surface area contributed by atoms with Gasteiger partial charge in [-0.3, -0.25) is 4.79 Å². The standard InChI is InChI=1S/C18H21N5O/c1-11-12(2)23(19)18-16(11)15(9-10-20-13(3)24)21-17(22-18)14-7-5-4-6-8-14/h4-8H,9-10,19H2,1-3H3,(H,20,24). The Labute approximate surface area is 140 Å². The minimum absolute atomic E-state index is 0.0483. The zero-order chi connectivity index (χ0) is 17.3. The number of hydrogen-bond donors (Lipinski definition) is 2. The first-order valence-electron chi connectivity index (χ1n) is 7.92. The van der Waals surface area contributed by atoms with Crippen molar-refractivity contribution in [3.63, 3.8) is 0 Å². The topological polar surface area (TPSA) is 85.8 Å². The van der Waals surface area contributed by atoms with E-state index in [2.05, 4.69) is 10.3 Å². The molecule has 3 aromatic rings. The summed E-state index contributed by atoms with van der Waals surface area (Å²) >= 11 is 0. The van der Waals surface area contributed by atoms with E-state index < -0.39 is 0 Å². The molecule has 6 heteroatoms. The van der Waals surface area contributed by atoms with Gasteiger partial charge in [-0.2, -0.15) is 0 Å². The van der Waals surface area contributed by atoms with E-state index in [4.69, 9.17) is 10.8 Å². The average Bonchev–Trinajstić information content (AvgIpc) is 2.80. The summed E-state index contributed by atoms with van der Waals surface area (Å²) in [6.45, 7) is 6.03.